The molecule has 2 aromatic rings. The highest BCUT2D eigenvalue weighted by Gasteiger charge is 2.25. The van der Waals surface area contributed by atoms with E-state index in [9.17, 15) is 23.7 Å². The fourth-order valence-electron chi connectivity index (χ4n) is 1.71. The van der Waals surface area contributed by atoms with Crippen LogP contribution in [0.3, 0.4) is 0 Å². The standard InChI is InChI=1S/C12H8F2N2O4S/c1-5-8(4-9(17)18)21-12(15-5)10-6(13)2-3-7(11(10)14)16(19)20/h2-3H,4H2,1H3,(H,17,18). The van der Waals surface area contributed by atoms with Crippen molar-refractivity contribution in [2.45, 2.75) is 13.3 Å². The summed E-state index contributed by atoms with van der Waals surface area (Å²) in [5.74, 6) is -3.42. The number of hydrogen-bond acceptors (Lipinski definition) is 5. The third-order valence-electron chi connectivity index (χ3n) is 2.69. The van der Waals surface area contributed by atoms with Crippen LogP contribution in [0.1, 0.15) is 10.6 Å². The summed E-state index contributed by atoms with van der Waals surface area (Å²) in [5, 5.41) is 19.3. The number of thiazole rings is 1. The van der Waals surface area contributed by atoms with E-state index in [0.717, 1.165) is 23.5 Å². The molecular weight excluding hydrogens is 306 g/mol. The van der Waals surface area contributed by atoms with Gasteiger partial charge in [-0.2, -0.15) is 4.39 Å². The number of aromatic nitrogens is 1. The second kappa shape index (κ2) is 5.52. The Morgan fingerprint density at radius 1 is 1.48 bits per heavy atom. The maximum Gasteiger partial charge on any atom is 0.308 e. The number of nitrogens with zero attached hydrogens (tertiary/aromatic N) is 2. The van der Waals surface area contributed by atoms with Crippen molar-refractivity contribution >= 4 is 23.0 Å². The van der Waals surface area contributed by atoms with Crippen molar-refractivity contribution in [3.8, 4) is 10.6 Å². The number of hydrogen-bond donors (Lipinski definition) is 1. The number of aryl methyl sites for hydroxylation is 1. The summed E-state index contributed by atoms with van der Waals surface area (Å²) in [5.41, 5.74) is -1.16. The van der Waals surface area contributed by atoms with E-state index in [4.69, 9.17) is 5.11 Å². The third kappa shape index (κ3) is 2.87. The first-order valence-electron chi connectivity index (χ1n) is 5.62. The van der Waals surface area contributed by atoms with Crippen LogP contribution in [-0.4, -0.2) is 21.0 Å². The SMILES string of the molecule is Cc1nc(-c2c(F)ccc([N+](=O)[O-])c2F)sc1CC(=O)O. The fourth-order valence-corrected chi connectivity index (χ4v) is 2.81. The van der Waals surface area contributed by atoms with Gasteiger partial charge in [-0.1, -0.05) is 0 Å². The molecule has 9 heteroatoms. The van der Waals surface area contributed by atoms with Gasteiger partial charge in [-0.25, -0.2) is 9.37 Å². The molecule has 0 saturated carbocycles. The van der Waals surface area contributed by atoms with Crippen molar-refractivity contribution in [1.29, 1.82) is 0 Å². The number of rotatable bonds is 4. The predicted molar refractivity (Wildman–Crippen MR) is 70.2 cm³/mol. The highest BCUT2D eigenvalue weighted by molar-refractivity contribution is 7.15. The Bertz CT molecular complexity index is 745. The molecular formula is C12H8F2N2O4S. The average molecular weight is 314 g/mol. The van der Waals surface area contributed by atoms with Crippen molar-refractivity contribution < 1.29 is 23.6 Å². The molecule has 0 atom stereocenters. The third-order valence-corrected chi connectivity index (χ3v) is 3.86. The van der Waals surface area contributed by atoms with Crippen LogP contribution in [-0.2, 0) is 11.2 Å². The lowest BCUT2D eigenvalue weighted by Gasteiger charge is -2.01. The summed E-state index contributed by atoms with van der Waals surface area (Å²) in [6.07, 6.45) is -0.332. The summed E-state index contributed by atoms with van der Waals surface area (Å²) in [6, 6.07) is 1.51. The Morgan fingerprint density at radius 2 is 2.14 bits per heavy atom. The van der Waals surface area contributed by atoms with Crippen LogP contribution >= 0.6 is 11.3 Å². The minimum Gasteiger partial charge on any atom is -0.481 e. The van der Waals surface area contributed by atoms with E-state index in [1.54, 1.807) is 0 Å². The zero-order chi connectivity index (χ0) is 15.7. The largest absolute Gasteiger partial charge is 0.481 e. The molecule has 0 unspecified atom stereocenters. The zero-order valence-electron chi connectivity index (χ0n) is 10.6. The molecule has 110 valence electrons. The molecule has 0 bridgehead atoms. The number of carboxylic acid groups (broad SMARTS) is 1. The van der Waals surface area contributed by atoms with Gasteiger partial charge in [0.05, 0.1) is 22.6 Å². The molecule has 1 aromatic heterocycles. The highest BCUT2D eigenvalue weighted by Crippen LogP contribution is 2.35. The van der Waals surface area contributed by atoms with Crippen molar-refractivity contribution in [1.82, 2.24) is 4.98 Å². The van der Waals surface area contributed by atoms with Gasteiger partial charge in [-0.05, 0) is 13.0 Å². The van der Waals surface area contributed by atoms with E-state index in [1.807, 2.05) is 0 Å². The zero-order valence-corrected chi connectivity index (χ0v) is 11.4. The minimum atomic E-state index is -1.32. The summed E-state index contributed by atoms with van der Waals surface area (Å²) >= 11 is 0.795. The van der Waals surface area contributed by atoms with Crippen LogP contribution in [0.25, 0.3) is 10.6 Å². The number of nitro benzene ring substituents is 1. The van der Waals surface area contributed by atoms with Crippen molar-refractivity contribution in [2.75, 3.05) is 0 Å². The Hall–Kier alpha value is -2.42. The summed E-state index contributed by atoms with van der Waals surface area (Å²) < 4.78 is 27.8. The number of benzene rings is 1. The average Bonchev–Trinajstić information content (AvgIpc) is 2.69. The lowest BCUT2D eigenvalue weighted by atomic mass is 10.2. The Labute approximate surface area is 120 Å². The molecule has 0 fully saturated rings. The quantitative estimate of drug-likeness (QED) is 0.691. The molecule has 0 aliphatic rings. The Kier molecular flexibility index (Phi) is 3.94. The molecule has 1 N–H and O–H groups in total. The summed E-state index contributed by atoms with van der Waals surface area (Å²) in [7, 11) is 0. The van der Waals surface area contributed by atoms with E-state index in [0.29, 0.717) is 10.6 Å². The van der Waals surface area contributed by atoms with Crippen molar-refractivity contribution in [3.05, 3.63) is 44.5 Å². The summed E-state index contributed by atoms with van der Waals surface area (Å²) in [6.45, 7) is 1.51. The van der Waals surface area contributed by atoms with E-state index >= 15 is 0 Å². The molecule has 0 radical (unpaired) electrons. The molecule has 6 nitrogen and oxygen atoms in total. The molecule has 0 spiro atoms. The molecule has 0 aliphatic heterocycles. The number of carboxylic acids is 1. The van der Waals surface area contributed by atoms with Gasteiger partial charge < -0.3 is 5.11 Å². The van der Waals surface area contributed by atoms with Crippen LogP contribution in [0, 0.1) is 28.7 Å². The lowest BCUT2D eigenvalue weighted by molar-refractivity contribution is -0.387. The maximum absolute atomic E-state index is 14.0. The van der Waals surface area contributed by atoms with Gasteiger partial charge in [0, 0.05) is 10.9 Å². The fraction of sp³-hybridized carbons (Fsp3) is 0.167. The van der Waals surface area contributed by atoms with Gasteiger partial charge in [0.15, 0.2) is 0 Å². The van der Waals surface area contributed by atoms with Crippen LogP contribution in [0.4, 0.5) is 14.5 Å². The molecule has 21 heavy (non-hydrogen) atoms. The number of aliphatic carboxylic acids is 1. The molecule has 0 aliphatic carbocycles. The smallest absolute Gasteiger partial charge is 0.308 e. The van der Waals surface area contributed by atoms with Gasteiger partial charge in [-0.15, -0.1) is 11.3 Å². The predicted octanol–water partition coefficient (Wildman–Crippen LogP) is 2.93. The highest BCUT2D eigenvalue weighted by atomic mass is 32.1. The topological polar surface area (TPSA) is 93.3 Å². The van der Waals surface area contributed by atoms with E-state index in [1.165, 1.54) is 6.92 Å². The van der Waals surface area contributed by atoms with Crippen LogP contribution < -0.4 is 0 Å². The van der Waals surface area contributed by atoms with E-state index in [2.05, 4.69) is 4.98 Å². The lowest BCUT2D eigenvalue weighted by Crippen LogP contribution is -1.99. The van der Waals surface area contributed by atoms with Gasteiger partial charge in [0.1, 0.15) is 10.8 Å². The molecule has 1 heterocycles. The minimum absolute atomic E-state index is 0.123. The Balaban J connectivity index is 2.59. The van der Waals surface area contributed by atoms with E-state index < -0.39 is 33.8 Å². The van der Waals surface area contributed by atoms with E-state index in [-0.39, 0.29) is 11.4 Å². The van der Waals surface area contributed by atoms with Gasteiger partial charge in [0.25, 0.3) is 0 Å². The number of halogens is 2. The van der Waals surface area contributed by atoms with Crippen molar-refractivity contribution in [2.24, 2.45) is 0 Å². The monoisotopic (exact) mass is 314 g/mol. The van der Waals surface area contributed by atoms with Gasteiger partial charge >= 0.3 is 11.7 Å². The molecule has 1 aromatic carbocycles. The number of carbonyl (C=O) groups is 1. The molecule has 2 rings (SSSR count). The van der Waals surface area contributed by atoms with Gasteiger partial charge in [0.2, 0.25) is 5.82 Å². The van der Waals surface area contributed by atoms with Gasteiger partial charge in [-0.3, -0.25) is 14.9 Å². The maximum atomic E-state index is 14.0. The second-order valence-electron chi connectivity index (χ2n) is 4.11. The first kappa shape index (κ1) is 15.0. The van der Waals surface area contributed by atoms with Crippen LogP contribution in [0.15, 0.2) is 12.1 Å². The number of nitro groups is 1. The first-order chi connectivity index (χ1) is 9.81. The van der Waals surface area contributed by atoms with Crippen molar-refractivity contribution in [3.63, 3.8) is 0 Å². The first-order valence-corrected chi connectivity index (χ1v) is 6.43. The molecule has 0 amide bonds. The Morgan fingerprint density at radius 3 is 2.71 bits per heavy atom. The normalized spacial score (nSPS) is 10.6. The summed E-state index contributed by atoms with van der Waals surface area (Å²) in [4.78, 5) is 24.7. The molecule has 0 saturated heterocycles. The van der Waals surface area contributed by atoms with Crippen LogP contribution in [0.2, 0.25) is 0 Å². The second-order valence-corrected chi connectivity index (χ2v) is 5.19. The van der Waals surface area contributed by atoms with Crippen LogP contribution in [0.5, 0.6) is 0 Å².